The Labute approximate surface area is 112 Å². The molecule has 0 radical (unpaired) electrons. The lowest BCUT2D eigenvalue weighted by Crippen LogP contribution is -2.14. The molecule has 1 aromatic carbocycles. The van der Waals surface area contributed by atoms with Crippen LogP contribution in [0.15, 0.2) is 36.7 Å². The minimum Gasteiger partial charge on any atom is -0.495 e. The Kier molecular flexibility index (Phi) is 3.09. The standard InChI is InChI=1S/C15H16N2O2/c1-18-13-9-17-7-5-11(13)14(16)12-4-2-3-10-6-8-19-15(10)12/h2-5,7,9,14H,6,8,16H2,1H3. The highest BCUT2D eigenvalue weighted by molar-refractivity contribution is 5.50. The van der Waals surface area contributed by atoms with Crippen molar-refractivity contribution in [2.75, 3.05) is 13.7 Å². The van der Waals surface area contributed by atoms with Crippen molar-refractivity contribution in [2.45, 2.75) is 12.5 Å². The van der Waals surface area contributed by atoms with Crippen LogP contribution in [0, 0.1) is 0 Å². The zero-order valence-corrected chi connectivity index (χ0v) is 10.8. The molecule has 4 heteroatoms. The number of aromatic nitrogens is 1. The molecule has 98 valence electrons. The first-order valence-corrected chi connectivity index (χ1v) is 6.29. The van der Waals surface area contributed by atoms with Crippen molar-refractivity contribution in [3.05, 3.63) is 53.3 Å². The molecular formula is C15H16N2O2. The third kappa shape index (κ3) is 2.04. The number of hydrogen-bond acceptors (Lipinski definition) is 4. The number of pyridine rings is 1. The lowest BCUT2D eigenvalue weighted by molar-refractivity contribution is 0.351. The van der Waals surface area contributed by atoms with Gasteiger partial charge in [-0.2, -0.15) is 0 Å². The zero-order valence-electron chi connectivity index (χ0n) is 10.8. The Bertz CT molecular complexity index is 598. The van der Waals surface area contributed by atoms with Crippen molar-refractivity contribution < 1.29 is 9.47 Å². The van der Waals surface area contributed by atoms with E-state index in [1.54, 1.807) is 19.5 Å². The van der Waals surface area contributed by atoms with Crippen molar-refractivity contribution in [1.29, 1.82) is 0 Å². The predicted molar refractivity (Wildman–Crippen MR) is 72.5 cm³/mol. The highest BCUT2D eigenvalue weighted by atomic mass is 16.5. The van der Waals surface area contributed by atoms with E-state index in [1.165, 1.54) is 5.56 Å². The number of benzene rings is 1. The van der Waals surface area contributed by atoms with Gasteiger partial charge in [0.15, 0.2) is 0 Å². The number of nitrogens with two attached hydrogens (primary N) is 1. The summed E-state index contributed by atoms with van der Waals surface area (Å²) in [5, 5.41) is 0. The maximum Gasteiger partial charge on any atom is 0.142 e. The molecule has 1 aliphatic heterocycles. The van der Waals surface area contributed by atoms with Crippen LogP contribution in [0.25, 0.3) is 0 Å². The Morgan fingerprint density at radius 1 is 1.32 bits per heavy atom. The van der Waals surface area contributed by atoms with Crippen LogP contribution < -0.4 is 15.2 Å². The van der Waals surface area contributed by atoms with E-state index in [-0.39, 0.29) is 6.04 Å². The number of rotatable bonds is 3. The molecule has 1 unspecified atom stereocenters. The molecule has 0 aliphatic carbocycles. The second-order valence-electron chi connectivity index (χ2n) is 4.53. The summed E-state index contributed by atoms with van der Waals surface area (Å²) in [5.74, 6) is 1.62. The lowest BCUT2D eigenvalue weighted by atomic mass is 9.97. The topological polar surface area (TPSA) is 57.4 Å². The van der Waals surface area contributed by atoms with E-state index in [4.69, 9.17) is 15.2 Å². The van der Waals surface area contributed by atoms with Gasteiger partial charge in [-0.25, -0.2) is 0 Å². The maximum atomic E-state index is 6.38. The Morgan fingerprint density at radius 2 is 2.21 bits per heavy atom. The van der Waals surface area contributed by atoms with Crippen LogP contribution in [-0.4, -0.2) is 18.7 Å². The normalized spacial score (nSPS) is 14.6. The summed E-state index contributed by atoms with van der Waals surface area (Å²) in [7, 11) is 1.62. The highest BCUT2D eigenvalue weighted by Crippen LogP contribution is 2.37. The first-order chi connectivity index (χ1) is 9.31. The third-order valence-electron chi connectivity index (χ3n) is 3.45. The number of methoxy groups -OCH3 is 1. The van der Waals surface area contributed by atoms with Gasteiger partial charge in [-0.15, -0.1) is 0 Å². The molecular weight excluding hydrogens is 240 g/mol. The molecule has 0 spiro atoms. The van der Waals surface area contributed by atoms with Crippen molar-refractivity contribution >= 4 is 0 Å². The van der Waals surface area contributed by atoms with E-state index < -0.39 is 0 Å². The summed E-state index contributed by atoms with van der Waals surface area (Å²) in [6.45, 7) is 0.729. The molecule has 2 heterocycles. The number of fused-ring (bicyclic) bond motifs is 1. The first kappa shape index (κ1) is 12.0. The second-order valence-corrected chi connectivity index (χ2v) is 4.53. The molecule has 0 bridgehead atoms. The minimum atomic E-state index is -0.272. The number of para-hydroxylation sites is 1. The highest BCUT2D eigenvalue weighted by Gasteiger charge is 2.22. The Hall–Kier alpha value is -2.07. The van der Waals surface area contributed by atoms with Gasteiger partial charge < -0.3 is 15.2 Å². The van der Waals surface area contributed by atoms with Crippen molar-refractivity contribution in [1.82, 2.24) is 4.98 Å². The molecule has 0 saturated carbocycles. The average Bonchev–Trinajstić information content (AvgIpc) is 2.94. The van der Waals surface area contributed by atoms with Gasteiger partial charge in [0.2, 0.25) is 0 Å². The van der Waals surface area contributed by atoms with Gasteiger partial charge in [-0.05, 0) is 11.6 Å². The van der Waals surface area contributed by atoms with Gasteiger partial charge in [-0.3, -0.25) is 4.98 Å². The molecule has 3 rings (SSSR count). The Balaban J connectivity index is 2.05. The fraction of sp³-hybridized carbons (Fsp3) is 0.267. The average molecular weight is 256 g/mol. The quantitative estimate of drug-likeness (QED) is 0.913. The largest absolute Gasteiger partial charge is 0.495 e. The summed E-state index contributed by atoms with van der Waals surface area (Å²) in [6, 6.07) is 7.73. The summed E-state index contributed by atoms with van der Waals surface area (Å²) >= 11 is 0. The van der Waals surface area contributed by atoms with Gasteiger partial charge in [0.05, 0.1) is 26.0 Å². The number of ether oxygens (including phenoxy) is 2. The molecule has 1 atom stereocenters. The maximum absolute atomic E-state index is 6.38. The van der Waals surface area contributed by atoms with E-state index in [0.717, 1.165) is 29.9 Å². The van der Waals surface area contributed by atoms with E-state index in [2.05, 4.69) is 11.1 Å². The van der Waals surface area contributed by atoms with Gasteiger partial charge >= 0.3 is 0 Å². The molecule has 19 heavy (non-hydrogen) atoms. The van der Waals surface area contributed by atoms with Gasteiger partial charge in [0.1, 0.15) is 11.5 Å². The van der Waals surface area contributed by atoms with E-state index in [0.29, 0.717) is 5.75 Å². The van der Waals surface area contributed by atoms with Crippen LogP contribution in [0.2, 0.25) is 0 Å². The summed E-state index contributed by atoms with van der Waals surface area (Å²) in [6.07, 6.45) is 4.35. The summed E-state index contributed by atoms with van der Waals surface area (Å²) in [5.41, 5.74) is 9.52. The van der Waals surface area contributed by atoms with Crippen LogP contribution in [0.3, 0.4) is 0 Å². The number of nitrogens with zero attached hydrogens (tertiary/aromatic N) is 1. The summed E-state index contributed by atoms with van der Waals surface area (Å²) < 4.78 is 11.0. The predicted octanol–water partition coefficient (Wildman–Crippen LogP) is 2.07. The van der Waals surface area contributed by atoms with Gasteiger partial charge in [0.25, 0.3) is 0 Å². The smallest absolute Gasteiger partial charge is 0.142 e. The van der Waals surface area contributed by atoms with Crippen LogP contribution >= 0.6 is 0 Å². The van der Waals surface area contributed by atoms with Crippen LogP contribution in [0.1, 0.15) is 22.7 Å². The molecule has 0 fully saturated rings. The van der Waals surface area contributed by atoms with Gasteiger partial charge in [-0.1, -0.05) is 18.2 Å². The molecule has 2 aromatic rings. The van der Waals surface area contributed by atoms with Gasteiger partial charge in [0, 0.05) is 23.7 Å². The second kappa shape index (κ2) is 4.90. The monoisotopic (exact) mass is 256 g/mol. The Morgan fingerprint density at radius 3 is 3.05 bits per heavy atom. The van der Waals surface area contributed by atoms with E-state index in [9.17, 15) is 0 Å². The first-order valence-electron chi connectivity index (χ1n) is 6.29. The fourth-order valence-corrected chi connectivity index (χ4v) is 2.47. The molecule has 2 N–H and O–H groups in total. The fourth-order valence-electron chi connectivity index (χ4n) is 2.47. The molecule has 1 aliphatic rings. The lowest BCUT2D eigenvalue weighted by Gasteiger charge is -2.18. The van der Waals surface area contributed by atoms with Crippen LogP contribution in [0.4, 0.5) is 0 Å². The summed E-state index contributed by atoms with van der Waals surface area (Å²) in [4.78, 5) is 4.05. The third-order valence-corrected chi connectivity index (χ3v) is 3.45. The SMILES string of the molecule is COc1cnccc1C(N)c1cccc2c1OCC2. The zero-order chi connectivity index (χ0) is 13.2. The van der Waals surface area contributed by atoms with E-state index >= 15 is 0 Å². The van der Waals surface area contributed by atoms with Crippen molar-refractivity contribution in [3.63, 3.8) is 0 Å². The molecule has 1 aromatic heterocycles. The van der Waals surface area contributed by atoms with Crippen LogP contribution in [0.5, 0.6) is 11.5 Å². The van der Waals surface area contributed by atoms with Crippen molar-refractivity contribution in [2.24, 2.45) is 5.73 Å². The molecule has 0 amide bonds. The molecule has 0 saturated heterocycles. The van der Waals surface area contributed by atoms with E-state index in [1.807, 2.05) is 18.2 Å². The van der Waals surface area contributed by atoms with Crippen LogP contribution in [-0.2, 0) is 6.42 Å². The number of hydrogen-bond donors (Lipinski definition) is 1. The molecule has 4 nitrogen and oxygen atoms in total. The van der Waals surface area contributed by atoms with Crippen molar-refractivity contribution in [3.8, 4) is 11.5 Å². The minimum absolute atomic E-state index is 0.272.